The monoisotopic (exact) mass is 318 g/mol. The van der Waals surface area contributed by atoms with Crippen LogP contribution in [0.2, 0.25) is 0 Å². The second-order valence-electron chi connectivity index (χ2n) is 5.54. The molecule has 5 nitrogen and oxygen atoms in total. The predicted octanol–water partition coefficient (Wildman–Crippen LogP) is 3.88. The van der Waals surface area contributed by atoms with Crippen LogP contribution in [0.1, 0.15) is 52.5 Å². The first-order chi connectivity index (χ1) is 11.0. The normalized spacial score (nSPS) is 13.0. The van der Waals surface area contributed by atoms with Crippen LogP contribution in [0.4, 0.5) is 5.69 Å². The molecule has 0 saturated carbocycles. The molecule has 1 aromatic carbocycles. The summed E-state index contributed by atoms with van der Waals surface area (Å²) in [7, 11) is 0. The first kappa shape index (κ1) is 19.0. The van der Waals surface area contributed by atoms with Gasteiger partial charge in [-0.3, -0.25) is 4.79 Å². The van der Waals surface area contributed by atoms with Gasteiger partial charge in [-0.15, -0.1) is 0 Å². The number of nitrogens with zero attached hydrogens (tertiary/aromatic N) is 1. The Balaban J connectivity index is 2.91. The largest absolute Gasteiger partial charge is 0.492 e. The van der Waals surface area contributed by atoms with E-state index in [0.29, 0.717) is 36.6 Å². The minimum absolute atomic E-state index is 0.202. The molecular formula is C18H26N2O3. The van der Waals surface area contributed by atoms with Crippen molar-refractivity contribution >= 4 is 11.6 Å². The Hall–Kier alpha value is -2.06. The van der Waals surface area contributed by atoms with Crippen LogP contribution >= 0.6 is 0 Å². The van der Waals surface area contributed by atoms with Gasteiger partial charge in [0.2, 0.25) is 0 Å². The third-order valence-corrected chi connectivity index (χ3v) is 3.49. The van der Waals surface area contributed by atoms with Gasteiger partial charge in [-0.1, -0.05) is 20.3 Å². The minimum Gasteiger partial charge on any atom is -0.492 e. The highest BCUT2D eigenvalue weighted by atomic mass is 16.5. The van der Waals surface area contributed by atoms with Crippen molar-refractivity contribution in [2.24, 2.45) is 0 Å². The van der Waals surface area contributed by atoms with Crippen molar-refractivity contribution in [3.05, 3.63) is 23.8 Å². The first-order valence-corrected chi connectivity index (χ1v) is 8.13. The van der Waals surface area contributed by atoms with E-state index in [-0.39, 0.29) is 5.91 Å². The molecule has 0 fully saturated rings. The lowest BCUT2D eigenvalue weighted by Gasteiger charge is -2.27. The standard InChI is InChI=1S/C18H26N2O3/c1-5-10-18(4,23-7-3)17(21)20-15-8-9-16(22-11-6-2)14(12-15)13-19/h8-9,12H,5-7,10-11H2,1-4H3,(H,20,21)/t18-/m0/s1. The van der Waals surface area contributed by atoms with Gasteiger partial charge in [-0.2, -0.15) is 5.26 Å². The number of ether oxygens (including phenoxy) is 2. The summed E-state index contributed by atoms with van der Waals surface area (Å²) in [5.41, 5.74) is 0.107. The molecule has 1 aromatic rings. The molecule has 1 rings (SSSR count). The maximum Gasteiger partial charge on any atom is 0.256 e. The number of nitriles is 1. The van der Waals surface area contributed by atoms with E-state index in [1.165, 1.54) is 0 Å². The SMILES string of the molecule is CCCOc1ccc(NC(=O)[C@](C)(CCC)OCC)cc1C#N. The molecule has 0 spiro atoms. The number of hydrogen-bond acceptors (Lipinski definition) is 4. The Morgan fingerprint density at radius 1 is 1.30 bits per heavy atom. The molecule has 1 N–H and O–H groups in total. The van der Waals surface area contributed by atoms with Crippen molar-refractivity contribution in [2.75, 3.05) is 18.5 Å². The first-order valence-electron chi connectivity index (χ1n) is 8.13. The van der Waals surface area contributed by atoms with E-state index in [0.717, 1.165) is 12.8 Å². The molecular weight excluding hydrogens is 292 g/mol. The van der Waals surface area contributed by atoms with Crippen LogP contribution in [0.3, 0.4) is 0 Å². The lowest BCUT2D eigenvalue weighted by atomic mass is 9.99. The summed E-state index contributed by atoms with van der Waals surface area (Å²) in [5, 5.41) is 12.1. The lowest BCUT2D eigenvalue weighted by molar-refractivity contribution is -0.139. The molecule has 0 bridgehead atoms. The van der Waals surface area contributed by atoms with Crippen molar-refractivity contribution in [3.8, 4) is 11.8 Å². The topological polar surface area (TPSA) is 71.3 Å². The molecule has 0 aliphatic heterocycles. The maximum absolute atomic E-state index is 12.5. The van der Waals surface area contributed by atoms with Crippen LogP contribution in [0.5, 0.6) is 5.75 Å². The third kappa shape index (κ3) is 5.26. The van der Waals surface area contributed by atoms with Crippen LogP contribution in [-0.2, 0) is 9.53 Å². The fraction of sp³-hybridized carbons (Fsp3) is 0.556. The van der Waals surface area contributed by atoms with Crippen LogP contribution in [0.15, 0.2) is 18.2 Å². The number of anilines is 1. The van der Waals surface area contributed by atoms with Crippen LogP contribution in [0, 0.1) is 11.3 Å². The third-order valence-electron chi connectivity index (χ3n) is 3.49. The quantitative estimate of drug-likeness (QED) is 0.750. The van der Waals surface area contributed by atoms with Crippen molar-refractivity contribution in [3.63, 3.8) is 0 Å². The summed E-state index contributed by atoms with van der Waals surface area (Å²) in [6.45, 7) is 8.70. The van der Waals surface area contributed by atoms with E-state index in [9.17, 15) is 10.1 Å². The zero-order valence-electron chi connectivity index (χ0n) is 14.4. The van der Waals surface area contributed by atoms with Gasteiger partial charge in [0.25, 0.3) is 5.91 Å². The van der Waals surface area contributed by atoms with Gasteiger partial charge in [0.1, 0.15) is 17.4 Å². The highest BCUT2D eigenvalue weighted by Crippen LogP contribution is 2.25. The average molecular weight is 318 g/mol. The fourth-order valence-corrected chi connectivity index (χ4v) is 2.34. The van der Waals surface area contributed by atoms with Gasteiger partial charge in [0.15, 0.2) is 0 Å². The highest BCUT2D eigenvalue weighted by molar-refractivity contribution is 5.97. The zero-order chi connectivity index (χ0) is 17.3. The Labute approximate surface area is 138 Å². The molecule has 0 aromatic heterocycles. The molecule has 0 heterocycles. The van der Waals surface area contributed by atoms with Crippen molar-refractivity contribution in [1.29, 1.82) is 5.26 Å². The number of amides is 1. The zero-order valence-corrected chi connectivity index (χ0v) is 14.4. The van der Waals surface area contributed by atoms with Gasteiger partial charge in [0, 0.05) is 12.3 Å². The summed E-state index contributed by atoms with van der Waals surface area (Å²) >= 11 is 0. The Bertz CT molecular complexity index is 558. The smallest absolute Gasteiger partial charge is 0.256 e. The number of benzene rings is 1. The Morgan fingerprint density at radius 3 is 2.61 bits per heavy atom. The minimum atomic E-state index is -0.867. The second-order valence-corrected chi connectivity index (χ2v) is 5.54. The van der Waals surface area contributed by atoms with E-state index in [2.05, 4.69) is 11.4 Å². The number of rotatable bonds is 9. The van der Waals surface area contributed by atoms with Gasteiger partial charge < -0.3 is 14.8 Å². The molecule has 0 radical (unpaired) electrons. The van der Waals surface area contributed by atoms with E-state index < -0.39 is 5.60 Å². The van der Waals surface area contributed by atoms with Crippen LogP contribution in [0.25, 0.3) is 0 Å². The van der Waals surface area contributed by atoms with E-state index in [4.69, 9.17) is 9.47 Å². The molecule has 1 amide bonds. The van der Waals surface area contributed by atoms with Crippen LogP contribution in [-0.4, -0.2) is 24.7 Å². The molecule has 126 valence electrons. The molecule has 5 heteroatoms. The second kappa shape index (κ2) is 9.16. The Kier molecular flexibility index (Phi) is 7.56. The molecule has 0 saturated heterocycles. The van der Waals surface area contributed by atoms with E-state index in [1.807, 2.05) is 20.8 Å². The average Bonchev–Trinajstić information content (AvgIpc) is 2.53. The highest BCUT2D eigenvalue weighted by Gasteiger charge is 2.33. The summed E-state index contributed by atoms with van der Waals surface area (Å²) < 4.78 is 11.2. The molecule has 1 atom stereocenters. The molecule has 0 aliphatic carbocycles. The van der Waals surface area contributed by atoms with Crippen molar-refractivity contribution in [2.45, 2.75) is 52.6 Å². The van der Waals surface area contributed by atoms with Crippen molar-refractivity contribution < 1.29 is 14.3 Å². The fourth-order valence-electron chi connectivity index (χ4n) is 2.34. The predicted molar refractivity (Wildman–Crippen MR) is 90.5 cm³/mol. The Morgan fingerprint density at radius 2 is 2.04 bits per heavy atom. The van der Waals surface area contributed by atoms with E-state index in [1.54, 1.807) is 25.1 Å². The number of carbonyl (C=O) groups excluding carboxylic acids is 1. The van der Waals surface area contributed by atoms with Gasteiger partial charge in [-0.05, 0) is 44.9 Å². The lowest BCUT2D eigenvalue weighted by Crippen LogP contribution is -2.42. The van der Waals surface area contributed by atoms with Crippen molar-refractivity contribution in [1.82, 2.24) is 0 Å². The summed E-state index contributed by atoms with van der Waals surface area (Å²) in [6.07, 6.45) is 2.35. The molecule has 0 unspecified atom stereocenters. The van der Waals surface area contributed by atoms with Gasteiger partial charge in [0.05, 0.1) is 12.2 Å². The van der Waals surface area contributed by atoms with Crippen LogP contribution < -0.4 is 10.1 Å². The number of carbonyl (C=O) groups is 1. The van der Waals surface area contributed by atoms with E-state index >= 15 is 0 Å². The summed E-state index contributed by atoms with van der Waals surface area (Å²) in [4.78, 5) is 12.5. The summed E-state index contributed by atoms with van der Waals surface area (Å²) in [5.74, 6) is 0.334. The maximum atomic E-state index is 12.5. The van der Waals surface area contributed by atoms with Gasteiger partial charge >= 0.3 is 0 Å². The number of hydrogen-bond donors (Lipinski definition) is 1. The number of nitrogens with one attached hydrogen (secondary N) is 1. The molecule has 23 heavy (non-hydrogen) atoms. The molecule has 0 aliphatic rings. The summed E-state index contributed by atoms with van der Waals surface area (Å²) in [6, 6.07) is 7.17. The van der Waals surface area contributed by atoms with Gasteiger partial charge in [-0.25, -0.2) is 0 Å².